The van der Waals surface area contributed by atoms with E-state index in [-0.39, 0.29) is 0 Å². The first-order valence-corrected chi connectivity index (χ1v) is 21.8. The van der Waals surface area contributed by atoms with Crippen LogP contribution in [0, 0.1) is 20.8 Å². The molecule has 0 aromatic heterocycles. The molecule has 63 heavy (non-hydrogen) atoms. The van der Waals surface area contributed by atoms with Crippen molar-refractivity contribution < 1.29 is 0 Å². The fraction of sp³-hybridized carbons (Fsp3) is 0.0476. The van der Waals surface area contributed by atoms with Crippen LogP contribution in [0.3, 0.4) is 0 Å². The molecule has 0 fully saturated rings. The molecule has 0 aliphatic heterocycles. The summed E-state index contributed by atoms with van der Waals surface area (Å²) in [6.45, 7) is 6.40. The van der Waals surface area contributed by atoms with Crippen molar-refractivity contribution in [2.24, 2.45) is 0 Å². The average molecular weight is 807 g/mol. The summed E-state index contributed by atoms with van der Waals surface area (Å²) in [4.78, 5) is 0. The Morgan fingerprint density at radius 3 is 0.968 bits per heavy atom. The largest absolute Gasteiger partial charge is 0.0616 e. The Hall–Kier alpha value is -7.80. The van der Waals surface area contributed by atoms with E-state index in [2.05, 4.69) is 269 Å². The molecule has 0 N–H and O–H groups in total. The van der Waals surface area contributed by atoms with Crippen molar-refractivity contribution in [2.75, 3.05) is 0 Å². The summed E-state index contributed by atoms with van der Waals surface area (Å²) >= 11 is 0. The zero-order valence-electron chi connectivity index (χ0n) is 36.2. The number of aryl methyl sites for hydroxylation is 3. The van der Waals surface area contributed by atoms with Crippen LogP contribution < -0.4 is 0 Å². The minimum Gasteiger partial charge on any atom is -0.0616 e. The average Bonchev–Trinajstić information content (AvgIpc) is 3.34. The molecule has 0 atom stereocenters. The van der Waals surface area contributed by atoms with Gasteiger partial charge in [-0.15, -0.1) is 0 Å². The summed E-state index contributed by atoms with van der Waals surface area (Å²) < 4.78 is 0. The monoisotopic (exact) mass is 806 g/mol. The minimum atomic E-state index is 1.24. The van der Waals surface area contributed by atoms with Gasteiger partial charge in [-0.1, -0.05) is 241 Å². The second-order valence-corrected chi connectivity index (χ2v) is 16.4. The maximum atomic E-state index is 2.29. The highest BCUT2D eigenvalue weighted by Crippen LogP contribution is 2.32. The molecule has 11 rings (SSSR count). The SMILES string of the molecule is Cc1cccc(-c2ccc3ccccc3c2)c1.Cc1cccc(-c2cccc(-c3cccc(-c4ccc5ccccc5c4)c3)c2)c1.Cc1cccc(-c2cccc3ccccc23)c1. The highest BCUT2D eigenvalue weighted by molar-refractivity contribution is 5.96. The molecule has 302 valence electrons. The molecule has 0 bridgehead atoms. The molecular weight excluding hydrogens is 757 g/mol. The van der Waals surface area contributed by atoms with Crippen molar-refractivity contribution in [3.63, 3.8) is 0 Å². The summed E-state index contributed by atoms with van der Waals surface area (Å²) in [5.74, 6) is 0. The Balaban J connectivity index is 0.000000128. The standard InChI is InChI=1S/C29H22.2C17H14/c1-21-7-4-10-23(17-21)25-11-5-12-26(19-25)27-13-6-14-28(20-27)29-16-15-22-8-2-3-9-24(22)18-29;1-13-6-4-9-15(12-13)17-11-5-8-14-7-2-3-10-16(14)17;1-13-5-4-8-15(11-13)17-10-9-14-6-2-3-7-16(14)12-17/h2-20H,1H3;2*2-12H,1H3. The van der Waals surface area contributed by atoms with Gasteiger partial charge in [-0.3, -0.25) is 0 Å². The second kappa shape index (κ2) is 18.9. The van der Waals surface area contributed by atoms with Crippen molar-refractivity contribution in [2.45, 2.75) is 20.8 Å². The second-order valence-electron chi connectivity index (χ2n) is 16.4. The first-order valence-electron chi connectivity index (χ1n) is 21.8. The van der Waals surface area contributed by atoms with Gasteiger partial charge in [-0.2, -0.15) is 0 Å². The Morgan fingerprint density at radius 2 is 0.508 bits per heavy atom. The molecule has 0 unspecified atom stereocenters. The van der Waals surface area contributed by atoms with Crippen LogP contribution in [0.4, 0.5) is 0 Å². The molecule has 0 saturated heterocycles. The van der Waals surface area contributed by atoms with Gasteiger partial charge in [0.2, 0.25) is 0 Å². The van der Waals surface area contributed by atoms with Gasteiger partial charge in [0.05, 0.1) is 0 Å². The minimum absolute atomic E-state index is 1.24. The molecule has 0 nitrogen and oxygen atoms in total. The van der Waals surface area contributed by atoms with Crippen LogP contribution in [0.1, 0.15) is 16.7 Å². The summed E-state index contributed by atoms with van der Waals surface area (Å²) in [6.07, 6.45) is 0. The van der Waals surface area contributed by atoms with Crippen LogP contribution in [0.2, 0.25) is 0 Å². The van der Waals surface area contributed by atoms with E-state index in [1.54, 1.807) is 0 Å². The molecule has 0 aliphatic rings. The lowest BCUT2D eigenvalue weighted by Crippen LogP contribution is -1.84. The van der Waals surface area contributed by atoms with Gasteiger partial charge in [-0.25, -0.2) is 0 Å². The van der Waals surface area contributed by atoms with Crippen molar-refractivity contribution in [3.8, 4) is 55.6 Å². The predicted octanol–water partition coefficient (Wildman–Crippen LogP) is 17.8. The Morgan fingerprint density at radius 1 is 0.190 bits per heavy atom. The van der Waals surface area contributed by atoms with Gasteiger partial charge in [0.1, 0.15) is 0 Å². The highest BCUT2D eigenvalue weighted by Gasteiger charge is 2.07. The van der Waals surface area contributed by atoms with Gasteiger partial charge in [0.15, 0.2) is 0 Å². The zero-order chi connectivity index (χ0) is 43.0. The lowest BCUT2D eigenvalue weighted by Gasteiger charge is -2.09. The maximum absolute atomic E-state index is 2.29. The number of benzene rings is 11. The van der Waals surface area contributed by atoms with Gasteiger partial charge in [-0.05, 0) is 133 Å². The van der Waals surface area contributed by atoms with Crippen LogP contribution in [0.5, 0.6) is 0 Å². The summed E-state index contributed by atoms with van der Waals surface area (Å²) in [7, 11) is 0. The van der Waals surface area contributed by atoms with Crippen molar-refractivity contribution >= 4 is 32.3 Å². The molecule has 11 aromatic rings. The molecule has 11 aromatic carbocycles. The van der Waals surface area contributed by atoms with Crippen LogP contribution in [-0.2, 0) is 0 Å². The van der Waals surface area contributed by atoms with Gasteiger partial charge >= 0.3 is 0 Å². The van der Waals surface area contributed by atoms with Crippen molar-refractivity contribution in [1.29, 1.82) is 0 Å². The normalized spacial score (nSPS) is 10.8. The molecule has 0 saturated carbocycles. The molecular formula is C63H50. The zero-order valence-corrected chi connectivity index (χ0v) is 36.2. The third-order valence-corrected chi connectivity index (χ3v) is 11.7. The predicted molar refractivity (Wildman–Crippen MR) is 273 cm³/mol. The van der Waals surface area contributed by atoms with Crippen molar-refractivity contribution in [3.05, 3.63) is 265 Å². The number of hydrogen-bond donors (Lipinski definition) is 0. The third-order valence-electron chi connectivity index (χ3n) is 11.7. The lowest BCUT2D eigenvalue weighted by atomic mass is 9.95. The van der Waals surface area contributed by atoms with Crippen LogP contribution in [0.15, 0.2) is 249 Å². The van der Waals surface area contributed by atoms with Gasteiger partial charge < -0.3 is 0 Å². The van der Waals surface area contributed by atoms with E-state index in [1.807, 2.05) is 0 Å². The quantitative estimate of drug-likeness (QED) is 0.163. The van der Waals surface area contributed by atoms with E-state index in [4.69, 9.17) is 0 Å². The number of fused-ring (bicyclic) bond motifs is 3. The third kappa shape index (κ3) is 9.73. The van der Waals surface area contributed by atoms with Crippen LogP contribution >= 0.6 is 0 Å². The number of hydrogen-bond acceptors (Lipinski definition) is 0. The Bertz CT molecular complexity index is 3320. The summed E-state index contributed by atoms with van der Waals surface area (Å²) in [6, 6.07) is 88.9. The number of rotatable bonds is 5. The molecule has 0 heterocycles. The Kier molecular flexibility index (Phi) is 12.1. The van der Waals surface area contributed by atoms with Crippen LogP contribution in [-0.4, -0.2) is 0 Å². The fourth-order valence-corrected chi connectivity index (χ4v) is 8.43. The smallest absolute Gasteiger partial charge is 0.0105 e. The lowest BCUT2D eigenvalue weighted by molar-refractivity contribution is 1.47. The van der Waals surface area contributed by atoms with E-state index in [1.165, 1.54) is 105 Å². The van der Waals surface area contributed by atoms with Crippen LogP contribution in [0.25, 0.3) is 88.0 Å². The maximum Gasteiger partial charge on any atom is -0.0105 e. The topological polar surface area (TPSA) is 0 Å². The summed E-state index contributed by atoms with van der Waals surface area (Å²) in [5.41, 5.74) is 16.6. The van der Waals surface area contributed by atoms with Gasteiger partial charge in [0, 0.05) is 0 Å². The van der Waals surface area contributed by atoms with E-state index in [0.29, 0.717) is 0 Å². The van der Waals surface area contributed by atoms with Gasteiger partial charge in [0.25, 0.3) is 0 Å². The Labute approximate surface area is 372 Å². The molecule has 0 aliphatic carbocycles. The van der Waals surface area contributed by atoms with E-state index >= 15 is 0 Å². The first-order chi connectivity index (χ1) is 30.9. The molecule has 0 amide bonds. The molecule has 0 radical (unpaired) electrons. The van der Waals surface area contributed by atoms with E-state index < -0.39 is 0 Å². The van der Waals surface area contributed by atoms with E-state index in [9.17, 15) is 0 Å². The molecule has 0 heteroatoms. The fourth-order valence-electron chi connectivity index (χ4n) is 8.43. The molecule has 0 spiro atoms. The highest BCUT2D eigenvalue weighted by atomic mass is 14.1. The first kappa shape index (κ1) is 40.6. The van der Waals surface area contributed by atoms with E-state index in [0.717, 1.165) is 0 Å². The summed E-state index contributed by atoms with van der Waals surface area (Å²) in [5, 5.41) is 7.76. The van der Waals surface area contributed by atoms with Crippen molar-refractivity contribution in [1.82, 2.24) is 0 Å².